The van der Waals surface area contributed by atoms with Gasteiger partial charge in [0.15, 0.2) is 0 Å². The third-order valence-electron chi connectivity index (χ3n) is 3.65. The van der Waals surface area contributed by atoms with Crippen LogP contribution in [0.5, 0.6) is 0 Å². The third-order valence-corrected chi connectivity index (χ3v) is 3.65. The number of nitrogens with zero attached hydrogens (tertiary/aromatic N) is 1. The molecule has 0 bridgehead atoms. The predicted molar refractivity (Wildman–Crippen MR) is 76.6 cm³/mol. The highest BCUT2D eigenvalue weighted by Crippen LogP contribution is 2.24. The zero-order valence-electron chi connectivity index (χ0n) is 11.5. The van der Waals surface area contributed by atoms with Gasteiger partial charge in [0.1, 0.15) is 0 Å². The topological polar surface area (TPSA) is 58.4 Å². The van der Waals surface area contributed by atoms with Crippen molar-refractivity contribution < 1.29 is 4.79 Å². The maximum absolute atomic E-state index is 11.6. The van der Waals surface area contributed by atoms with Gasteiger partial charge in [-0.1, -0.05) is 30.3 Å². The number of amides is 1. The van der Waals surface area contributed by atoms with Crippen LogP contribution >= 0.6 is 0 Å². The lowest BCUT2D eigenvalue weighted by Gasteiger charge is -2.28. The molecule has 1 amide bonds. The van der Waals surface area contributed by atoms with Crippen LogP contribution in [0.2, 0.25) is 0 Å². The summed E-state index contributed by atoms with van der Waals surface area (Å²) >= 11 is 0. The molecule has 0 aromatic heterocycles. The molecule has 0 saturated carbocycles. The summed E-state index contributed by atoms with van der Waals surface area (Å²) in [4.78, 5) is 14.1. The van der Waals surface area contributed by atoms with E-state index >= 15 is 0 Å². The Balaban J connectivity index is 2.04. The maximum atomic E-state index is 11.6. The van der Waals surface area contributed by atoms with E-state index in [1.165, 1.54) is 18.4 Å². The average Bonchev–Trinajstić information content (AvgIpc) is 2.94. The molecule has 0 spiro atoms. The van der Waals surface area contributed by atoms with Crippen LogP contribution in [-0.4, -0.2) is 36.5 Å². The summed E-state index contributed by atoms with van der Waals surface area (Å²) in [5.41, 5.74) is 6.85. The first-order valence-corrected chi connectivity index (χ1v) is 7.01. The van der Waals surface area contributed by atoms with Crippen LogP contribution in [0, 0.1) is 0 Å². The monoisotopic (exact) mass is 261 g/mol. The summed E-state index contributed by atoms with van der Waals surface area (Å²) in [6.45, 7) is 4.55. The van der Waals surface area contributed by atoms with Crippen LogP contribution in [0.25, 0.3) is 0 Å². The molecule has 1 fully saturated rings. The van der Waals surface area contributed by atoms with Crippen molar-refractivity contribution in [1.29, 1.82) is 0 Å². The molecule has 1 aromatic rings. The molecule has 2 rings (SSSR count). The van der Waals surface area contributed by atoms with Crippen LogP contribution in [0.3, 0.4) is 0 Å². The number of hydrogen-bond donors (Lipinski definition) is 2. The fraction of sp³-hybridized carbons (Fsp3) is 0.533. The Bertz CT molecular complexity index is 399. The minimum absolute atomic E-state index is 0.0832. The van der Waals surface area contributed by atoms with Crippen molar-refractivity contribution in [2.24, 2.45) is 5.73 Å². The SMILES string of the molecule is C[C@H](N)C(=O)NCC(c1ccccc1)N1CCCC1. The smallest absolute Gasteiger partial charge is 0.236 e. The molecule has 1 aromatic carbocycles. The lowest BCUT2D eigenvalue weighted by molar-refractivity contribution is -0.122. The number of rotatable bonds is 5. The Morgan fingerprint density at radius 2 is 1.95 bits per heavy atom. The fourth-order valence-electron chi connectivity index (χ4n) is 2.54. The lowest BCUT2D eigenvalue weighted by atomic mass is 10.1. The van der Waals surface area contributed by atoms with E-state index in [0.717, 1.165) is 13.1 Å². The Morgan fingerprint density at radius 3 is 2.53 bits per heavy atom. The summed E-state index contributed by atoms with van der Waals surface area (Å²) in [5, 5.41) is 2.95. The van der Waals surface area contributed by atoms with Gasteiger partial charge in [-0.15, -0.1) is 0 Å². The van der Waals surface area contributed by atoms with Crippen molar-refractivity contribution in [2.75, 3.05) is 19.6 Å². The van der Waals surface area contributed by atoms with E-state index in [2.05, 4.69) is 22.3 Å². The van der Waals surface area contributed by atoms with Gasteiger partial charge < -0.3 is 11.1 Å². The lowest BCUT2D eigenvalue weighted by Crippen LogP contribution is -2.43. The van der Waals surface area contributed by atoms with Crippen LogP contribution in [0.15, 0.2) is 30.3 Å². The van der Waals surface area contributed by atoms with Crippen LogP contribution < -0.4 is 11.1 Å². The van der Waals surface area contributed by atoms with E-state index in [4.69, 9.17) is 5.73 Å². The molecule has 0 radical (unpaired) electrons. The van der Waals surface area contributed by atoms with E-state index < -0.39 is 6.04 Å². The second kappa shape index (κ2) is 6.68. The maximum Gasteiger partial charge on any atom is 0.236 e. The van der Waals surface area contributed by atoms with E-state index in [-0.39, 0.29) is 11.9 Å². The molecule has 1 heterocycles. The van der Waals surface area contributed by atoms with Gasteiger partial charge in [0.05, 0.1) is 12.1 Å². The van der Waals surface area contributed by atoms with Gasteiger partial charge in [0, 0.05) is 6.54 Å². The van der Waals surface area contributed by atoms with Crippen LogP contribution in [0.1, 0.15) is 31.4 Å². The molecule has 1 unspecified atom stereocenters. The second-order valence-electron chi connectivity index (χ2n) is 5.20. The molecule has 1 aliphatic heterocycles. The molecular weight excluding hydrogens is 238 g/mol. The van der Waals surface area contributed by atoms with Crippen LogP contribution in [-0.2, 0) is 4.79 Å². The standard InChI is InChI=1S/C15H23N3O/c1-12(16)15(19)17-11-14(18-9-5-6-10-18)13-7-3-2-4-8-13/h2-4,7-8,12,14H,5-6,9-11,16H2,1H3,(H,17,19)/t12-,14?/m0/s1. The highest BCUT2D eigenvalue weighted by Gasteiger charge is 2.24. The average molecular weight is 261 g/mol. The van der Waals surface area contributed by atoms with Crippen molar-refractivity contribution in [3.05, 3.63) is 35.9 Å². The predicted octanol–water partition coefficient (Wildman–Crippen LogP) is 1.29. The molecule has 1 saturated heterocycles. The quantitative estimate of drug-likeness (QED) is 0.839. The van der Waals surface area contributed by atoms with Gasteiger partial charge in [-0.25, -0.2) is 0 Å². The molecule has 0 aliphatic carbocycles. The molecule has 1 aliphatic rings. The number of benzene rings is 1. The van der Waals surface area contributed by atoms with Crippen molar-refractivity contribution in [3.8, 4) is 0 Å². The van der Waals surface area contributed by atoms with Gasteiger partial charge in [-0.3, -0.25) is 9.69 Å². The highest BCUT2D eigenvalue weighted by atomic mass is 16.2. The summed E-state index contributed by atoms with van der Waals surface area (Å²) in [6.07, 6.45) is 2.48. The first-order valence-electron chi connectivity index (χ1n) is 7.01. The summed E-state index contributed by atoms with van der Waals surface area (Å²) in [7, 11) is 0. The van der Waals surface area contributed by atoms with Crippen molar-refractivity contribution in [3.63, 3.8) is 0 Å². The zero-order chi connectivity index (χ0) is 13.7. The third kappa shape index (κ3) is 3.78. The van der Waals surface area contributed by atoms with Crippen LogP contribution in [0.4, 0.5) is 0 Å². The van der Waals surface area contributed by atoms with Crippen molar-refractivity contribution in [2.45, 2.75) is 31.8 Å². The van der Waals surface area contributed by atoms with Gasteiger partial charge in [-0.05, 0) is 38.4 Å². The minimum Gasteiger partial charge on any atom is -0.353 e. The molecule has 4 nitrogen and oxygen atoms in total. The molecular formula is C15H23N3O. The van der Waals surface area contributed by atoms with E-state index in [1.807, 2.05) is 18.2 Å². The van der Waals surface area contributed by atoms with E-state index in [1.54, 1.807) is 6.92 Å². The molecule has 2 atom stereocenters. The Kier molecular flexibility index (Phi) is 4.93. The van der Waals surface area contributed by atoms with E-state index in [0.29, 0.717) is 6.54 Å². The molecule has 4 heteroatoms. The number of nitrogens with one attached hydrogen (secondary N) is 1. The van der Waals surface area contributed by atoms with Gasteiger partial charge in [-0.2, -0.15) is 0 Å². The number of carbonyl (C=O) groups excluding carboxylic acids is 1. The Labute approximate surface area is 115 Å². The number of likely N-dealkylation sites (tertiary alicyclic amines) is 1. The summed E-state index contributed by atoms with van der Waals surface area (Å²) < 4.78 is 0. The summed E-state index contributed by atoms with van der Waals surface area (Å²) in [6, 6.07) is 10.2. The molecule has 104 valence electrons. The van der Waals surface area contributed by atoms with Gasteiger partial charge in [0.25, 0.3) is 0 Å². The normalized spacial score (nSPS) is 19.1. The minimum atomic E-state index is -0.449. The number of nitrogens with two attached hydrogens (primary N) is 1. The largest absolute Gasteiger partial charge is 0.353 e. The van der Waals surface area contributed by atoms with Gasteiger partial charge >= 0.3 is 0 Å². The molecule has 3 N–H and O–H groups in total. The number of carbonyl (C=O) groups is 1. The highest BCUT2D eigenvalue weighted by molar-refractivity contribution is 5.80. The Morgan fingerprint density at radius 1 is 1.32 bits per heavy atom. The first-order chi connectivity index (χ1) is 9.18. The fourth-order valence-corrected chi connectivity index (χ4v) is 2.54. The zero-order valence-corrected chi connectivity index (χ0v) is 11.5. The summed E-state index contributed by atoms with van der Waals surface area (Å²) in [5.74, 6) is -0.0832. The van der Waals surface area contributed by atoms with Gasteiger partial charge in [0.2, 0.25) is 5.91 Å². The Hall–Kier alpha value is -1.39. The second-order valence-corrected chi connectivity index (χ2v) is 5.20. The van der Waals surface area contributed by atoms with Crippen molar-refractivity contribution >= 4 is 5.91 Å². The molecule has 19 heavy (non-hydrogen) atoms. The first kappa shape index (κ1) is 14.0. The van der Waals surface area contributed by atoms with E-state index in [9.17, 15) is 4.79 Å². The van der Waals surface area contributed by atoms with Crippen molar-refractivity contribution in [1.82, 2.24) is 10.2 Å². The number of hydrogen-bond acceptors (Lipinski definition) is 3.